The van der Waals surface area contributed by atoms with E-state index in [9.17, 15) is 4.79 Å². The van der Waals surface area contributed by atoms with Crippen molar-refractivity contribution in [1.29, 1.82) is 0 Å². The van der Waals surface area contributed by atoms with Crippen LogP contribution in [0.3, 0.4) is 0 Å². The van der Waals surface area contributed by atoms with Crippen molar-refractivity contribution in [2.45, 2.75) is 25.9 Å². The molecule has 3 rings (SSSR count). The summed E-state index contributed by atoms with van der Waals surface area (Å²) in [4.78, 5) is 17.3. The van der Waals surface area contributed by atoms with Gasteiger partial charge in [0.15, 0.2) is 0 Å². The van der Waals surface area contributed by atoms with E-state index >= 15 is 0 Å². The number of amides is 1. The topological polar surface area (TPSA) is 44.8 Å². The Morgan fingerprint density at radius 3 is 2.26 bits per heavy atom. The van der Waals surface area contributed by atoms with Gasteiger partial charge in [-0.1, -0.05) is 42.5 Å². The second-order valence-electron chi connectivity index (χ2n) is 7.01. The van der Waals surface area contributed by atoms with E-state index in [-0.39, 0.29) is 18.0 Å². The smallest absolute Gasteiger partial charge is 0.237 e. The molecule has 1 heterocycles. The zero-order chi connectivity index (χ0) is 19.2. The standard InChI is InChI=1S/C22H29N3O2/c1-17(19-9-5-4-6-10-19)23-22(26)18(2)24-13-15-25(16-14-24)20-11-7-8-12-21(20)27-3/h4-12,17-18H,13-16H2,1-3H3,(H,23,26)/t17-,18-/m1/s1. The highest BCUT2D eigenvalue weighted by Crippen LogP contribution is 2.28. The van der Waals surface area contributed by atoms with Crippen LogP contribution in [0.1, 0.15) is 25.5 Å². The zero-order valence-electron chi connectivity index (χ0n) is 16.4. The Labute approximate surface area is 161 Å². The summed E-state index contributed by atoms with van der Waals surface area (Å²) in [7, 11) is 1.70. The summed E-state index contributed by atoms with van der Waals surface area (Å²) >= 11 is 0. The van der Waals surface area contributed by atoms with Crippen molar-refractivity contribution in [1.82, 2.24) is 10.2 Å². The summed E-state index contributed by atoms with van der Waals surface area (Å²) in [5, 5.41) is 3.14. The molecule has 5 nitrogen and oxygen atoms in total. The van der Waals surface area contributed by atoms with Gasteiger partial charge in [-0.25, -0.2) is 0 Å². The third kappa shape index (κ3) is 4.61. The molecule has 2 aromatic carbocycles. The molecule has 0 saturated carbocycles. The van der Waals surface area contributed by atoms with Gasteiger partial charge in [0.2, 0.25) is 5.91 Å². The van der Waals surface area contributed by atoms with Gasteiger partial charge >= 0.3 is 0 Å². The molecule has 5 heteroatoms. The maximum Gasteiger partial charge on any atom is 0.237 e. The second-order valence-corrected chi connectivity index (χ2v) is 7.01. The number of piperazine rings is 1. The minimum Gasteiger partial charge on any atom is -0.495 e. The van der Waals surface area contributed by atoms with Crippen LogP contribution in [-0.2, 0) is 4.79 Å². The van der Waals surface area contributed by atoms with Gasteiger partial charge in [0.25, 0.3) is 0 Å². The largest absolute Gasteiger partial charge is 0.495 e. The highest BCUT2D eigenvalue weighted by atomic mass is 16.5. The molecule has 2 aromatic rings. The van der Waals surface area contributed by atoms with E-state index < -0.39 is 0 Å². The van der Waals surface area contributed by atoms with Crippen molar-refractivity contribution < 1.29 is 9.53 Å². The van der Waals surface area contributed by atoms with Crippen molar-refractivity contribution in [3.05, 3.63) is 60.2 Å². The predicted molar refractivity (Wildman–Crippen MR) is 109 cm³/mol. The third-order valence-electron chi connectivity index (χ3n) is 5.33. The summed E-state index contributed by atoms with van der Waals surface area (Å²) in [6, 6.07) is 18.0. The molecule has 0 spiro atoms. The third-order valence-corrected chi connectivity index (χ3v) is 5.33. The number of para-hydroxylation sites is 2. The monoisotopic (exact) mass is 367 g/mol. The molecule has 1 aliphatic rings. The molecule has 0 aliphatic carbocycles. The van der Waals surface area contributed by atoms with E-state index in [1.165, 1.54) is 0 Å². The van der Waals surface area contributed by atoms with Crippen LogP contribution in [0.4, 0.5) is 5.69 Å². The normalized spacial score (nSPS) is 17.2. The van der Waals surface area contributed by atoms with Gasteiger partial charge in [-0.15, -0.1) is 0 Å². The van der Waals surface area contributed by atoms with Crippen molar-refractivity contribution in [2.24, 2.45) is 0 Å². The van der Waals surface area contributed by atoms with E-state index in [0.717, 1.165) is 43.2 Å². The number of rotatable bonds is 6. The Kier molecular flexibility index (Phi) is 6.35. The lowest BCUT2D eigenvalue weighted by Crippen LogP contribution is -2.54. The molecule has 144 valence electrons. The van der Waals surface area contributed by atoms with E-state index in [1.807, 2.05) is 62.4 Å². The van der Waals surface area contributed by atoms with Crippen molar-refractivity contribution in [3.63, 3.8) is 0 Å². The molecule has 0 aromatic heterocycles. The van der Waals surface area contributed by atoms with Crippen LogP contribution < -0.4 is 15.0 Å². The number of carbonyl (C=O) groups is 1. The lowest BCUT2D eigenvalue weighted by molar-refractivity contribution is -0.126. The van der Waals surface area contributed by atoms with Gasteiger partial charge in [-0.05, 0) is 31.5 Å². The van der Waals surface area contributed by atoms with Gasteiger partial charge in [0.1, 0.15) is 5.75 Å². The van der Waals surface area contributed by atoms with Crippen LogP contribution in [-0.4, -0.2) is 50.1 Å². The van der Waals surface area contributed by atoms with Crippen LogP contribution in [0.15, 0.2) is 54.6 Å². The van der Waals surface area contributed by atoms with E-state index in [2.05, 4.69) is 21.2 Å². The number of ether oxygens (including phenoxy) is 1. The van der Waals surface area contributed by atoms with Crippen molar-refractivity contribution >= 4 is 11.6 Å². The lowest BCUT2D eigenvalue weighted by atomic mass is 10.1. The highest BCUT2D eigenvalue weighted by Gasteiger charge is 2.27. The first-order valence-electron chi connectivity index (χ1n) is 9.57. The van der Waals surface area contributed by atoms with Gasteiger partial charge in [0, 0.05) is 26.2 Å². The Balaban J connectivity index is 1.55. The number of carbonyl (C=O) groups excluding carboxylic acids is 1. The summed E-state index contributed by atoms with van der Waals surface area (Å²) in [5.41, 5.74) is 2.24. The summed E-state index contributed by atoms with van der Waals surface area (Å²) in [6.07, 6.45) is 0. The SMILES string of the molecule is COc1ccccc1N1CCN([C@H](C)C(=O)N[C@H](C)c2ccccc2)CC1. The van der Waals surface area contributed by atoms with Gasteiger partial charge in [-0.3, -0.25) is 9.69 Å². The molecule has 1 N–H and O–H groups in total. The number of nitrogens with zero attached hydrogens (tertiary/aromatic N) is 2. The molecule has 1 saturated heterocycles. The minimum absolute atomic E-state index is 0.0102. The number of benzene rings is 2. The van der Waals surface area contributed by atoms with E-state index in [4.69, 9.17) is 4.74 Å². The fourth-order valence-electron chi connectivity index (χ4n) is 3.57. The average molecular weight is 367 g/mol. The lowest BCUT2D eigenvalue weighted by Gasteiger charge is -2.39. The number of hydrogen-bond donors (Lipinski definition) is 1. The van der Waals surface area contributed by atoms with Gasteiger partial charge < -0.3 is 15.0 Å². The Hall–Kier alpha value is -2.53. The fraction of sp³-hybridized carbons (Fsp3) is 0.409. The highest BCUT2D eigenvalue weighted by molar-refractivity contribution is 5.81. The molecule has 1 amide bonds. The Bertz CT molecular complexity index is 742. The first-order chi connectivity index (χ1) is 13.1. The van der Waals surface area contributed by atoms with Crippen LogP contribution in [0.5, 0.6) is 5.75 Å². The first kappa shape index (κ1) is 19.2. The Morgan fingerprint density at radius 1 is 0.963 bits per heavy atom. The van der Waals surface area contributed by atoms with Crippen molar-refractivity contribution in [3.8, 4) is 5.75 Å². The molecule has 1 aliphatic heterocycles. The van der Waals surface area contributed by atoms with Crippen LogP contribution in [0, 0.1) is 0 Å². The fourth-order valence-corrected chi connectivity index (χ4v) is 3.57. The van der Waals surface area contributed by atoms with Crippen LogP contribution in [0.2, 0.25) is 0 Å². The average Bonchev–Trinajstić information content (AvgIpc) is 2.73. The van der Waals surface area contributed by atoms with Crippen LogP contribution in [0.25, 0.3) is 0 Å². The molecule has 27 heavy (non-hydrogen) atoms. The van der Waals surface area contributed by atoms with E-state index in [0.29, 0.717) is 0 Å². The second kappa shape index (κ2) is 8.91. The number of anilines is 1. The first-order valence-corrected chi connectivity index (χ1v) is 9.57. The molecular weight excluding hydrogens is 338 g/mol. The maximum atomic E-state index is 12.7. The quantitative estimate of drug-likeness (QED) is 0.852. The van der Waals surface area contributed by atoms with Crippen molar-refractivity contribution in [2.75, 3.05) is 38.2 Å². The zero-order valence-corrected chi connectivity index (χ0v) is 16.4. The summed E-state index contributed by atoms with van der Waals surface area (Å²) in [5.74, 6) is 0.977. The molecular formula is C22H29N3O2. The predicted octanol–water partition coefficient (Wildman–Crippen LogP) is 3.08. The van der Waals surface area contributed by atoms with E-state index in [1.54, 1.807) is 7.11 Å². The summed E-state index contributed by atoms with van der Waals surface area (Å²) in [6.45, 7) is 7.49. The number of nitrogens with one attached hydrogen (secondary N) is 1. The minimum atomic E-state index is -0.143. The Morgan fingerprint density at radius 2 is 1.59 bits per heavy atom. The summed E-state index contributed by atoms with van der Waals surface area (Å²) < 4.78 is 5.48. The maximum absolute atomic E-state index is 12.7. The van der Waals surface area contributed by atoms with Crippen LogP contribution >= 0.6 is 0 Å². The van der Waals surface area contributed by atoms with Gasteiger partial charge in [0.05, 0.1) is 24.9 Å². The molecule has 1 fully saturated rings. The molecule has 0 radical (unpaired) electrons. The molecule has 0 unspecified atom stereocenters. The molecule has 2 atom stereocenters. The number of methoxy groups -OCH3 is 1. The molecule has 0 bridgehead atoms. The number of hydrogen-bond acceptors (Lipinski definition) is 4. The van der Waals surface area contributed by atoms with Gasteiger partial charge in [-0.2, -0.15) is 0 Å².